The van der Waals surface area contributed by atoms with Crippen molar-refractivity contribution in [2.75, 3.05) is 0 Å². The number of aliphatic carboxylic acids is 1. The Morgan fingerprint density at radius 3 is 2.31 bits per heavy atom. The summed E-state index contributed by atoms with van der Waals surface area (Å²) in [5.74, 6) is -0.738. The van der Waals surface area contributed by atoms with Gasteiger partial charge < -0.3 is 5.11 Å². The Morgan fingerprint density at radius 1 is 1.19 bits per heavy atom. The molecular weight excluding hydrogens is 204 g/mol. The lowest BCUT2D eigenvalue weighted by Crippen LogP contribution is -2.42. The highest BCUT2D eigenvalue weighted by Gasteiger charge is 2.40. The molecule has 4 nitrogen and oxygen atoms in total. The number of hydrogen-bond acceptors (Lipinski definition) is 2. The molecule has 1 N–H and O–H groups in total. The largest absolute Gasteiger partial charge is 0.479 e. The van der Waals surface area contributed by atoms with Gasteiger partial charge >= 0.3 is 5.97 Å². The number of aromatic nitrogens is 2. The van der Waals surface area contributed by atoms with Crippen LogP contribution in [0.15, 0.2) is 18.5 Å². The molecule has 0 atom stereocenters. The van der Waals surface area contributed by atoms with Crippen molar-refractivity contribution < 1.29 is 9.90 Å². The predicted octanol–water partition coefficient (Wildman–Crippen LogP) is 2.41. The van der Waals surface area contributed by atoms with Gasteiger partial charge in [0.2, 0.25) is 0 Å². The molecule has 4 heteroatoms. The fourth-order valence-corrected chi connectivity index (χ4v) is 2.55. The zero-order valence-electron chi connectivity index (χ0n) is 9.43. The molecule has 16 heavy (non-hydrogen) atoms. The van der Waals surface area contributed by atoms with Gasteiger partial charge in [-0.05, 0) is 18.9 Å². The molecule has 1 aliphatic carbocycles. The minimum Gasteiger partial charge on any atom is -0.479 e. The normalized spacial score (nSPS) is 21.0. The molecular formula is C12H18N2O2. The second kappa shape index (κ2) is 4.68. The molecule has 0 aromatic carbocycles. The van der Waals surface area contributed by atoms with E-state index in [2.05, 4.69) is 5.10 Å². The number of carbonyl (C=O) groups is 1. The molecule has 1 aliphatic rings. The number of rotatable bonds is 2. The molecule has 0 amide bonds. The maximum Gasteiger partial charge on any atom is 0.331 e. The molecule has 1 aromatic rings. The molecule has 0 unspecified atom stereocenters. The van der Waals surface area contributed by atoms with Crippen LogP contribution in [0.4, 0.5) is 0 Å². The second-order valence-corrected chi connectivity index (χ2v) is 4.56. The lowest BCUT2D eigenvalue weighted by Gasteiger charge is -2.31. The average molecular weight is 222 g/mol. The van der Waals surface area contributed by atoms with E-state index in [1.807, 2.05) is 0 Å². The molecule has 0 spiro atoms. The summed E-state index contributed by atoms with van der Waals surface area (Å²) in [4.78, 5) is 11.6. The first-order chi connectivity index (χ1) is 7.76. The molecule has 88 valence electrons. The third-order valence-corrected chi connectivity index (χ3v) is 3.52. The monoisotopic (exact) mass is 222 g/mol. The van der Waals surface area contributed by atoms with Crippen LogP contribution in [0.25, 0.3) is 0 Å². The van der Waals surface area contributed by atoms with Gasteiger partial charge in [-0.2, -0.15) is 5.10 Å². The summed E-state index contributed by atoms with van der Waals surface area (Å²) >= 11 is 0. The van der Waals surface area contributed by atoms with Crippen molar-refractivity contribution in [2.45, 2.75) is 50.5 Å². The van der Waals surface area contributed by atoms with Gasteiger partial charge in [0.25, 0.3) is 0 Å². The van der Waals surface area contributed by atoms with Gasteiger partial charge in [0, 0.05) is 12.4 Å². The van der Waals surface area contributed by atoms with E-state index in [4.69, 9.17) is 0 Å². The van der Waals surface area contributed by atoms with E-state index in [1.165, 1.54) is 6.42 Å². The maximum atomic E-state index is 11.6. The molecule has 1 fully saturated rings. The van der Waals surface area contributed by atoms with Crippen molar-refractivity contribution in [1.82, 2.24) is 9.78 Å². The predicted molar refractivity (Wildman–Crippen MR) is 60.2 cm³/mol. The summed E-state index contributed by atoms with van der Waals surface area (Å²) in [5, 5.41) is 13.7. The summed E-state index contributed by atoms with van der Waals surface area (Å²) in [5.41, 5.74) is -0.802. The van der Waals surface area contributed by atoms with Crippen LogP contribution in [0.1, 0.15) is 44.9 Å². The zero-order valence-corrected chi connectivity index (χ0v) is 9.43. The first kappa shape index (κ1) is 11.2. The Labute approximate surface area is 95.3 Å². The van der Waals surface area contributed by atoms with Gasteiger partial charge in [0.15, 0.2) is 5.54 Å². The fraction of sp³-hybridized carbons (Fsp3) is 0.667. The third-order valence-electron chi connectivity index (χ3n) is 3.52. The van der Waals surface area contributed by atoms with Crippen LogP contribution < -0.4 is 0 Å². The summed E-state index contributed by atoms with van der Waals surface area (Å²) < 4.78 is 1.64. The van der Waals surface area contributed by atoms with Crippen LogP contribution in [-0.4, -0.2) is 20.9 Å². The molecule has 1 heterocycles. The Morgan fingerprint density at radius 2 is 1.81 bits per heavy atom. The lowest BCUT2D eigenvalue weighted by atomic mass is 9.84. The van der Waals surface area contributed by atoms with Gasteiger partial charge in [0.1, 0.15) is 0 Å². The zero-order chi connectivity index (χ0) is 11.4. The van der Waals surface area contributed by atoms with Crippen LogP contribution in [0.2, 0.25) is 0 Å². The summed E-state index contributed by atoms with van der Waals surface area (Å²) in [6, 6.07) is 1.80. The first-order valence-corrected chi connectivity index (χ1v) is 5.99. The summed E-state index contributed by atoms with van der Waals surface area (Å²) in [6.45, 7) is 0. The Kier molecular flexibility index (Phi) is 3.27. The van der Waals surface area contributed by atoms with Gasteiger partial charge in [-0.25, -0.2) is 4.79 Å². The Hall–Kier alpha value is -1.32. The smallest absolute Gasteiger partial charge is 0.331 e. The van der Waals surface area contributed by atoms with Crippen molar-refractivity contribution in [3.63, 3.8) is 0 Å². The van der Waals surface area contributed by atoms with Crippen molar-refractivity contribution in [2.24, 2.45) is 0 Å². The molecule has 1 saturated carbocycles. The van der Waals surface area contributed by atoms with E-state index in [0.29, 0.717) is 12.8 Å². The quantitative estimate of drug-likeness (QED) is 0.836. The third kappa shape index (κ3) is 1.96. The molecule has 2 rings (SSSR count). The number of carboxylic acids is 1. The number of nitrogens with zero attached hydrogens (tertiary/aromatic N) is 2. The molecule has 1 aromatic heterocycles. The summed E-state index contributed by atoms with van der Waals surface area (Å²) in [6.07, 6.45) is 10.3. The van der Waals surface area contributed by atoms with Gasteiger partial charge in [-0.1, -0.05) is 32.1 Å². The van der Waals surface area contributed by atoms with Crippen molar-refractivity contribution in [1.29, 1.82) is 0 Å². The maximum absolute atomic E-state index is 11.6. The van der Waals surface area contributed by atoms with Gasteiger partial charge in [-0.15, -0.1) is 0 Å². The highest BCUT2D eigenvalue weighted by molar-refractivity contribution is 5.76. The lowest BCUT2D eigenvalue weighted by molar-refractivity contribution is -0.149. The molecule has 0 radical (unpaired) electrons. The van der Waals surface area contributed by atoms with Crippen molar-refractivity contribution in [3.05, 3.63) is 18.5 Å². The van der Waals surface area contributed by atoms with Crippen LogP contribution in [-0.2, 0) is 10.3 Å². The minimum atomic E-state index is -0.802. The highest BCUT2D eigenvalue weighted by atomic mass is 16.4. The summed E-state index contributed by atoms with van der Waals surface area (Å²) in [7, 11) is 0. The van der Waals surface area contributed by atoms with Crippen LogP contribution in [0, 0.1) is 0 Å². The first-order valence-electron chi connectivity index (χ1n) is 5.99. The van der Waals surface area contributed by atoms with E-state index < -0.39 is 11.5 Å². The van der Waals surface area contributed by atoms with E-state index in [1.54, 1.807) is 23.1 Å². The van der Waals surface area contributed by atoms with Gasteiger partial charge in [0.05, 0.1) is 0 Å². The van der Waals surface area contributed by atoms with E-state index >= 15 is 0 Å². The Balaban J connectivity index is 2.29. The average Bonchev–Trinajstić information content (AvgIpc) is 2.70. The molecule has 0 bridgehead atoms. The Bertz CT molecular complexity index is 338. The van der Waals surface area contributed by atoms with Crippen molar-refractivity contribution in [3.8, 4) is 0 Å². The van der Waals surface area contributed by atoms with E-state index in [9.17, 15) is 9.90 Å². The standard InChI is InChI=1S/C12H18N2O2/c15-11(16)12(14-10-6-9-13-14)7-4-2-1-3-5-8-12/h6,9-10H,1-5,7-8H2,(H,15,16). The SMILES string of the molecule is O=C(O)C1(n2cccn2)CCCCCCC1. The number of carboxylic acid groups (broad SMARTS) is 1. The topological polar surface area (TPSA) is 55.1 Å². The minimum absolute atomic E-state index is 0.698. The van der Waals surface area contributed by atoms with Crippen LogP contribution in [0.5, 0.6) is 0 Å². The van der Waals surface area contributed by atoms with E-state index in [0.717, 1.165) is 25.7 Å². The second-order valence-electron chi connectivity index (χ2n) is 4.56. The molecule has 0 aliphatic heterocycles. The van der Waals surface area contributed by atoms with Crippen LogP contribution in [0.3, 0.4) is 0 Å². The van der Waals surface area contributed by atoms with Crippen molar-refractivity contribution >= 4 is 5.97 Å². The fourth-order valence-electron chi connectivity index (χ4n) is 2.55. The van der Waals surface area contributed by atoms with Gasteiger partial charge in [-0.3, -0.25) is 4.68 Å². The number of hydrogen-bond donors (Lipinski definition) is 1. The van der Waals surface area contributed by atoms with Crippen LogP contribution >= 0.6 is 0 Å². The van der Waals surface area contributed by atoms with E-state index in [-0.39, 0.29) is 0 Å². The molecule has 0 saturated heterocycles. The highest BCUT2D eigenvalue weighted by Crippen LogP contribution is 2.32.